The van der Waals surface area contributed by atoms with E-state index in [0.29, 0.717) is 12.6 Å². The zero-order valence-electron chi connectivity index (χ0n) is 10.2. The van der Waals surface area contributed by atoms with E-state index >= 15 is 0 Å². The first-order chi connectivity index (χ1) is 7.24. The molecule has 1 aliphatic carbocycles. The topological polar surface area (TPSA) is 43.8 Å². The highest BCUT2D eigenvalue weighted by atomic mass is 35.5. The van der Waals surface area contributed by atoms with Crippen LogP contribution >= 0.6 is 12.4 Å². The van der Waals surface area contributed by atoms with Crippen LogP contribution in [0.4, 0.5) is 0 Å². The molecule has 1 fully saturated rings. The van der Waals surface area contributed by atoms with Gasteiger partial charge in [0.2, 0.25) is 0 Å². The molecule has 0 saturated heterocycles. The van der Waals surface area contributed by atoms with Gasteiger partial charge in [-0.2, -0.15) is 5.10 Å². The van der Waals surface area contributed by atoms with Gasteiger partial charge in [-0.15, -0.1) is 12.4 Å². The molecular weight excluding hydrogens is 222 g/mol. The van der Waals surface area contributed by atoms with Gasteiger partial charge in [0.05, 0.1) is 11.7 Å². The number of nitrogens with two attached hydrogens (primary N) is 1. The molecule has 0 spiro atoms. The monoisotopic (exact) mass is 243 g/mol. The van der Waals surface area contributed by atoms with E-state index in [2.05, 4.69) is 23.6 Å². The summed E-state index contributed by atoms with van der Waals surface area (Å²) in [6.45, 7) is 4.83. The fourth-order valence-corrected chi connectivity index (χ4v) is 2.67. The molecule has 0 unspecified atom stereocenters. The Morgan fingerprint density at radius 1 is 1.25 bits per heavy atom. The Labute approximate surface area is 104 Å². The smallest absolute Gasteiger partial charge is 0.0641 e. The zero-order chi connectivity index (χ0) is 10.8. The van der Waals surface area contributed by atoms with Crippen molar-refractivity contribution in [3.8, 4) is 0 Å². The summed E-state index contributed by atoms with van der Waals surface area (Å²) < 4.78 is 2.22. The minimum atomic E-state index is 0. The fourth-order valence-electron chi connectivity index (χ4n) is 2.67. The molecule has 1 heterocycles. The van der Waals surface area contributed by atoms with Crippen LogP contribution in [0.5, 0.6) is 0 Å². The van der Waals surface area contributed by atoms with Crippen molar-refractivity contribution in [2.45, 2.75) is 58.5 Å². The normalized spacial score (nSPS) is 17.2. The zero-order valence-corrected chi connectivity index (χ0v) is 11.0. The van der Waals surface area contributed by atoms with Gasteiger partial charge in [-0.3, -0.25) is 4.68 Å². The van der Waals surface area contributed by atoms with E-state index in [9.17, 15) is 0 Å². The van der Waals surface area contributed by atoms with Crippen LogP contribution in [0.25, 0.3) is 0 Å². The molecule has 0 atom stereocenters. The van der Waals surface area contributed by atoms with Crippen LogP contribution < -0.4 is 5.73 Å². The largest absolute Gasteiger partial charge is 0.326 e. The number of halogens is 1. The van der Waals surface area contributed by atoms with Crippen molar-refractivity contribution < 1.29 is 0 Å². The third kappa shape index (κ3) is 2.41. The van der Waals surface area contributed by atoms with Gasteiger partial charge in [0, 0.05) is 17.8 Å². The summed E-state index contributed by atoms with van der Waals surface area (Å²) in [4.78, 5) is 0. The lowest BCUT2D eigenvalue weighted by atomic mass is 9.95. The van der Waals surface area contributed by atoms with Crippen LogP contribution in [0.1, 0.15) is 55.1 Å². The van der Waals surface area contributed by atoms with Crippen LogP contribution in [-0.4, -0.2) is 9.78 Å². The lowest BCUT2D eigenvalue weighted by Gasteiger charge is -2.23. The molecule has 1 aliphatic rings. The maximum atomic E-state index is 5.74. The van der Waals surface area contributed by atoms with E-state index < -0.39 is 0 Å². The highest BCUT2D eigenvalue weighted by Gasteiger charge is 2.20. The molecule has 3 nitrogen and oxygen atoms in total. The number of aromatic nitrogens is 2. The van der Waals surface area contributed by atoms with Gasteiger partial charge < -0.3 is 5.73 Å². The van der Waals surface area contributed by atoms with Crippen LogP contribution in [0.2, 0.25) is 0 Å². The Balaban J connectivity index is 0.00000128. The van der Waals surface area contributed by atoms with Gasteiger partial charge >= 0.3 is 0 Å². The number of hydrogen-bond donors (Lipinski definition) is 1. The summed E-state index contributed by atoms with van der Waals surface area (Å²) >= 11 is 0. The molecule has 0 radical (unpaired) electrons. The minimum absolute atomic E-state index is 0. The molecule has 0 amide bonds. The van der Waals surface area contributed by atoms with Gasteiger partial charge in [0.15, 0.2) is 0 Å². The van der Waals surface area contributed by atoms with Crippen molar-refractivity contribution in [1.82, 2.24) is 9.78 Å². The maximum absolute atomic E-state index is 5.74. The number of rotatable bonds is 2. The third-order valence-corrected chi connectivity index (χ3v) is 3.60. The average Bonchev–Trinajstić information content (AvgIpc) is 2.55. The highest BCUT2D eigenvalue weighted by molar-refractivity contribution is 5.85. The lowest BCUT2D eigenvalue weighted by Crippen LogP contribution is -2.15. The molecule has 1 aromatic rings. The van der Waals surface area contributed by atoms with Crippen molar-refractivity contribution in [2.75, 3.05) is 0 Å². The number of hydrogen-bond acceptors (Lipinski definition) is 2. The predicted octanol–water partition coefficient (Wildman–Crippen LogP) is 2.89. The molecule has 1 aromatic heterocycles. The van der Waals surface area contributed by atoms with Gasteiger partial charge in [0.25, 0.3) is 0 Å². The van der Waals surface area contributed by atoms with Crippen LogP contribution in [0.3, 0.4) is 0 Å². The fraction of sp³-hybridized carbons (Fsp3) is 0.750. The van der Waals surface area contributed by atoms with Crippen molar-refractivity contribution in [2.24, 2.45) is 5.73 Å². The van der Waals surface area contributed by atoms with E-state index in [1.165, 1.54) is 43.4 Å². The van der Waals surface area contributed by atoms with E-state index in [-0.39, 0.29) is 12.4 Å². The molecule has 1 saturated carbocycles. The third-order valence-electron chi connectivity index (χ3n) is 3.60. The second-order valence-electron chi connectivity index (χ2n) is 4.59. The Hall–Kier alpha value is -0.540. The predicted molar refractivity (Wildman–Crippen MR) is 69.0 cm³/mol. The summed E-state index contributed by atoms with van der Waals surface area (Å²) in [5.74, 6) is 0. The minimum Gasteiger partial charge on any atom is -0.326 e. The van der Waals surface area contributed by atoms with Crippen molar-refractivity contribution >= 4 is 12.4 Å². The highest BCUT2D eigenvalue weighted by Crippen LogP contribution is 2.29. The van der Waals surface area contributed by atoms with Gasteiger partial charge in [-0.1, -0.05) is 19.3 Å². The molecule has 0 bridgehead atoms. The first-order valence-electron chi connectivity index (χ1n) is 5.98. The van der Waals surface area contributed by atoms with Crippen LogP contribution in [-0.2, 0) is 6.54 Å². The van der Waals surface area contributed by atoms with Crippen LogP contribution in [0, 0.1) is 13.8 Å². The van der Waals surface area contributed by atoms with E-state index in [1.54, 1.807) is 0 Å². The van der Waals surface area contributed by atoms with Crippen molar-refractivity contribution in [3.05, 3.63) is 17.0 Å². The second kappa shape index (κ2) is 5.69. The second-order valence-corrected chi connectivity index (χ2v) is 4.59. The molecular formula is C12H22ClN3. The Morgan fingerprint density at radius 2 is 1.88 bits per heavy atom. The molecule has 4 heteroatoms. The maximum Gasteiger partial charge on any atom is 0.0641 e. The number of aryl methyl sites for hydroxylation is 1. The molecule has 0 aromatic carbocycles. The molecule has 16 heavy (non-hydrogen) atoms. The summed E-state index contributed by atoms with van der Waals surface area (Å²) in [5, 5.41) is 4.64. The molecule has 2 rings (SSSR count). The summed E-state index contributed by atoms with van der Waals surface area (Å²) in [6.07, 6.45) is 6.65. The van der Waals surface area contributed by atoms with Crippen LogP contribution in [0.15, 0.2) is 0 Å². The summed E-state index contributed by atoms with van der Waals surface area (Å²) in [7, 11) is 0. The lowest BCUT2D eigenvalue weighted by molar-refractivity contribution is 0.324. The van der Waals surface area contributed by atoms with Crippen molar-refractivity contribution in [1.29, 1.82) is 0 Å². The van der Waals surface area contributed by atoms with E-state index in [4.69, 9.17) is 5.73 Å². The SMILES string of the molecule is Cc1nn(C2CCCCC2)c(C)c1CN.Cl. The van der Waals surface area contributed by atoms with Gasteiger partial charge in [0.1, 0.15) is 0 Å². The quantitative estimate of drug-likeness (QED) is 0.868. The molecule has 0 aliphatic heterocycles. The van der Waals surface area contributed by atoms with Gasteiger partial charge in [-0.05, 0) is 26.7 Å². The Bertz CT molecular complexity index is 340. The summed E-state index contributed by atoms with van der Waals surface area (Å²) in [6, 6.07) is 0.623. The first kappa shape index (κ1) is 13.5. The van der Waals surface area contributed by atoms with E-state index in [1.807, 2.05) is 0 Å². The van der Waals surface area contributed by atoms with Crippen molar-refractivity contribution in [3.63, 3.8) is 0 Å². The average molecular weight is 244 g/mol. The summed E-state index contributed by atoms with van der Waals surface area (Å²) in [5.41, 5.74) is 9.37. The van der Waals surface area contributed by atoms with E-state index in [0.717, 1.165) is 5.69 Å². The Morgan fingerprint density at radius 3 is 2.38 bits per heavy atom. The first-order valence-corrected chi connectivity index (χ1v) is 5.98. The molecule has 2 N–H and O–H groups in total. The van der Waals surface area contributed by atoms with Gasteiger partial charge in [-0.25, -0.2) is 0 Å². The Kier molecular flexibility index (Phi) is 4.81. The number of nitrogens with zero attached hydrogens (tertiary/aromatic N) is 2. The standard InChI is InChI=1S/C12H21N3.ClH/c1-9-12(8-13)10(2)15(14-9)11-6-4-3-5-7-11;/h11H,3-8,13H2,1-2H3;1H. The molecule has 92 valence electrons.